The molecule has 0 saturated heterocycles. The average Bonchev–Trinajstić information content (AvgIpc) is 2.86. The number of amidine groups is 1. The molecule has 1 atom stereocenters. The third kappa shape index (κ3) is 2.77. The van der Waals surface area contributed by atoms with Gasteiger partial charge in [-0.15, -0.1) is 0 Å². The highest BCUT2D eigenvalue weighted by Gasteiger charge is 2.18. The van der Waals surface area contributed by atoms with Gasteiger partial charge in [0.05, 0.1) is 17.7 Å². The summed E-state index contributed by atoms with van der Waals surface area (Å²) in [6.07, 6.45) is 2.98. The van der Waals surface area contributed by atoms with E-state index in [9.17, 15) is 0 Å². The Morgan fingerprint density at radius 2 is 2.37 bits per heavy atom. The van der Waals surface area contributed by atoms with Gasteiger partial charge in [0.2, 0.25) is 0 Å². The topological polar surface area (TPSA) is 37.3 Å². The van der Waals surface area contributed by atoms with Crippen LogP contribution in [-0.4, -0.2) is 21.9 Å². The maximum absolute atomic E-state index is 4.54. The maximum Gasteiger partial charge on any atom is 0.161 e. The number of anilines is 1. The van der Waals surface area contributed by atoms with Crippen LogP contribution in [0.4, 0.5) is 5.69 Å². The Kier molecular flexibility index (Phi) is 3.75. The van der Waals surface area contributed by atoms with Gasteiger partial charge in [0.1, 0.15) is 0 Å². The van der Waals surface area contributed by atoms with E-state index in [1.165, 1.54) is 0 Å². The summed E-state index contributed by atoms with van der Waals surface area (Å²) in [4.78, 5) is 9.03. The number of nitrogens with zero attached hydrogens (tertiary/aromatic N) is 2. The number of halogens is 1. The second-order valence-corrected chi connectivity index (χ2v) is 6.65. The van der Waals surface area contributed by atoms with E-state index in [2.05, 4.69) is 50.3 Å². The minimum Gasteiger partial charge on any atom is -0.333 e. The summed E-state index contributed by atoms with van der Waals surface area (Å²) < 4.78 is 0.996. The third-order valence-corrected chi connectivity index (χ3v) is 4.80. The van der Waals surface area contributed by atoms with E-state index in [0.717, 1.165) is 39.2 Å². The predicted molar refractivity (Wildman–Crippen MR) is 87.0 cm³/mol. The van der Waals surface area contributed by atoms with Gasteiger partial charge in [0.15, 0.2) is 5.17 Å². The van der Waals surface area contributed by atoms with Gasteiger partial charge in [-0.3, -0.25) is 9.98 Å². The molecule has 0 saturated carbocycles. The zero-order chi connectivity index (χ0) is 13.2. The lowest BCUT2D eigenvalue weighted by Crippen LogP contribution is -2.07. The lowest BCUT2D eigenvalue weighted by molar-refractivity contribution is 0.844. The first-order chi connectivity index (χ1) is 9.26. The van der Waals surface area contributed by atoms with Crippen molar-refractivity contribution >= 4 is 49.4 Å². The van der Waals surface area contributed by atoms with Crippen molar-refractivity contribution in [1.82, 2.24) is 4.98 Å². The first-order valence-electron chi connectivity index (χ1n) is 6.28. The predicted octanol–water partition coefficient (Wildman–Crippen LogP) is 4.29. The number of rotatable bonds is 2. The molecule has 1 N–H and O–H groups in total. The summed E-state index contributed by atoms with van der Waals surface area (Å²) in [7, 11) is 0. The molecule has 1 aliphatic heterocycles. The van der Waals surface area contributed by atoms with Crippen molar-refractivity contribution in [2.75, 3.05) is 11.9 Å². The van der Waals surface area contributed by atoms with Crippen molar-refractivity contribution in [2.24, 2.45) is 4.99 Å². The van der Waals surface area contributed by atoms with Gasteiger partial charge in [-0.2, -0.15) is 0 Å². The lowest BCUT2D eigenvalue weighted by Gasteiger charge is -2.09. The van der Waals surface area contributed by atoms with Crippen LogP contribution in [0.5, 0.6) is 0 Å². The molecule has 5 heteroatoms. The van der Waals surface area contributed by atoms with Gasteiger partial charge >= 0.3 is 0 Å². The molecule has 0 radical (unpaired) electrons. The van der Waals surface area contributed by atoms with Crippen molar-refractivity contribution in [3.8, 4) is 0 Å². The molecule has 1 aromatic heterocycles. The number of fused-ring (bicyclic) bond motifs is 1. The van der Waals surface area contributed by atoms with Gasteiger partial charge in [-0.25, -0.2) is 0 Å². The quantitative estimate of drug-likeness (QED) is 0.889. The zero-order valence-electron chi connectivity index (χ0n) is 10.6. The summed E-state index contributed by atoms with van der Waals surface area (Å²) in [5.74, 6) is 0. The molecule has 98 valence electrons. The van der Waals surface area contributed by atoms with Gasteiger partial charge in [-0.1, -0.05) is 30.8 Å². The van der Waals surface area contributed by atoms with Gasteiger partial charge in [-0.05, 0) is 34.5 Å². The second-order valence-electron chi connectivity index (χ2n) is 4.45. The molecule has 0 bridgehead atoms. The Bertz CT molecular complexity index is 642. The van der Waals surface area contributed by atoms with E-state index in [-0.39, 0.29) is 0 Å². The molecule has 0 spiro atoms. The maximum atomic E-state index is 4.54. The minimum atomic E-state index is 0.611. The van der Waals surface area contributed by atoms with Crippen LogP contribution in [0.1, 0.15) is 13.3 Å². The Hall–Kier alpha value is -1.07. The van der Waals surface area contributed by atoms with Crippen LogP contribution in [-0.2, 0) is 0 Å². The Morgan fingerprint density at radius 1 is 1.47 bits per heavy atom. The summed E-state index contributed by atoms with van der Waals surface area (Å²) in [6.45, 7) is 3.11. The molecule has 19 heavy (non-hydrogen) atoms. The Labute approximate surface area is 125 Å². The molecule has 0 amide bonds. The normalized spacial score (nSPS) is 18.6. The molecular weight excluding hydrogens is 322 g/mol. The van der Waals surface area contributed by atoms with Gasteiger partial charge < -0.3 is 5.32 Å². The van der Waals surface area contributed by atoms with Crippen molar-refractivity contribution in [3.05, 3.63) is 34.9 Å². The fourth-order valence-electron chi connectivity index (χ4n) is 2.05. The number of benzene rings is 1. The number of pyridine rings is 1. The van der Waals surface area contributed by atoms with Crippen LogP contribution in [0, 0.1) is 0 Å². The molecule has 0 aliphatic carbocycles. The van der Waals surface area contributed by atoms with Crippen LogP contribution < -0.4 is 5.32 Å². The van der Waals surface area contributed by atoms with Crippen LogP contribution in [0.2, 0.25) is 0 Å². The molecule has 3 nitrogen and oxygen atoms in total. The Morgan fingerprint density at radius 3 is 3.16 bits per heavy atom. The number of hydrogen-bond acceptors (Lipinski definition) is 4. The third-order valence-electron chi connectivity index (χ3n) is 3.09. The smallest absolute Gasteiger partial charge is 0.161 e. The fraction of sp³-hybridized carbons (Fsp3) is 0.286. The van der Waals surface area contributed by atoms with Crippen molar-refractivity contribution in [1.29, 1.82) is 0 Å². The summed E-state index contributed by atoms with van der Waals surface area (Å²) in [5, 5.41) is 6.14. The zero-order valence-corrected chi connectivity index (χ0v) is 13.0. The molecule has 0 fully saturated rings. The number of nitrogens with one attached hydrogen (secondary N) is 1. The number of aliphatic imine (C=N–C) groups is 1. The summed E-state index contributed by atoms with van der Waals surface area (Å²) >= 11 is 5.27. The summed E-state index contributed by atoms with van der Waals surface area (Å²) in [6, 6.07) is 8.23. The van der Waals surface area contributed by atoms with E-state index in [1.807, 2.05) is 30.1 Å². The second kappa shape index (κ2) is 5.51. The molecule has 1 aliphatic rings. The number of thioether (sulfide) groups is 1. The standard InChI is InChI=1S/C14H14BrN3S/c1-2-11-8-17-14(19-11)18-12-5-3-4-9-6-10(15)7-16-13(9)12/h3-7,11H,2,8H2,1H3,(H,17,18). The van der Waals surface area contributed by atoms with Crippen molar-refractivity contribution in [2.45, 2.75) is 18.6 Å². The van der Waals surface area contributed by atoms with E-state index >= 15 is 0 Å². The van der Waals surface area contributed by atoms with E-state index in [0.29, 0.717) is 5.25 Å². The van der Waals surface area contributed by atoms with Crippen LogP contribution in [0.25, 0.3) is 10.9 Å². The van der Waals surface area contributed by atoms with Gasteiger partial charge in [0.25, 0.3) is 0 Å². The Balaban J connectivity index is 1.89. The first kappa shape index (κ1) is 12.9. The fourth-order valence-corrected chi connectivity index (χ4v) is 3.35. The lowest BCUT2D eigenvalue weighted by atomic mass is 10.2. The van der Waals surface area contributed by atoms with Crippen LogP contribution in [0.3, 0.4) is 0 Å². The molecule has 1 unspecified atom stereocenters. The average molecular weight is 336 g/mol. The van der Waals surface area contributed by atoms with E-state index in [4.69, 9.17) is 0 Å². The summed E-state index contributed by atoms with van der Waals surface area (Å²) in [5.41, 5.74) is 2.00. The number of para-hydroxylation sites is 1. The SMILES string of the molecule is CCC1CN=C(Nc2cccc3cc(Br)cnc23)S1. The molecule has 2 aromatic rings. The van der Waals surface area contributed by atoms with Crippen molar-refractivity contribution < 1.29 is 0 Å². The van der Waals surface area contributed by atoms with Crippen LogP contribution >= 0.6 is 27.7 Å². The van der Waals surface area contributed by atoms with Crippen molar-refractivity contribution in [3.63, 3.8) is 0 Å². The molecule has 1 aromatic carbocycles. The van der Waals surface area contributed by atoms with Gasteiger partial charge in [0, 0.05) is 21.3 Å². The number of hydrogen-bond donors (Lipinski definition) is 1. The van der Waals surface area contributed by atoms with E-state index in [1.54, 1.807) is 0 Å². The molecule has 3 rings (SSSR count). The highest BCUT2D eigenvalue weighted by molar-refractivity contribution is 9.10. The van der Waals surface area contributed by atoms with Crippen LogP contribution in [0.15, 0.2) is 39.9 Å². The highest BCUT2D eigenvalue weighted by atomic mass is 79.9. The monoisotopic (exact) mass is 335 g/mol. The minimum absolute atomic E-state index is 0.611. The highest BCUT2D eigenvalue weighted by Crippen LogP contribution is 2.28. The van der Waals surface area contributed by atoms with E-state index < -0.39 is 0 Å². The first-order valence-corrected chi connectivity index (χ1v) is 7.96. The number of aromatic nitrogens is 1. The molecule has 2 heterocycles. The molecular formula is C14H14BrN3S. The largest absolute Gasteiger partial charge is 0.333 e.